The first-order valence-corrected chi connectivity index (χ1v) is 8.23. The minimum Gasteiger partial charge on any atom is -0.482 e. The first kappa shape index (κ1) is 17.6. The van der Waals surface area contributed by atoms with Gasteiger partial charge in [-0.25, -0.2) is 0 Å². The van der Waals surface area contributed by atoms with Gasteiger partial charge in [-0.1, -0.05) is 49.2 Å². The molecule has 2 aromatic rings. The Hall–Kier alpha value is -1.71. The van der Waals surface area contributed by atoms with Crippen LogP contribution in [0.15, 0.2) is 42.5 Å². The topological polar surface area (TPSA) is 38.3 Å². The van der Waals surface area contributed by atoms with E-state index in [1.54, 1.807) is 18.2 Å². The molecule has 1 atom stereocenters. The lowest BCUT2D eigenvalue weighted by Crippen LogP contribution is -2.20. The number of carbonyl (C=O) groups excluding carboxylic acids is 1. The van der Waals surface area contributed by atoms with Crippen LogP contribution in [0.1, 0.15) is 31.7 Å². The van der Waals surface area contributed by atoms with E-state index >= 15 is 0 Å². The molecule has 0 aliphatic carbocycles. The molecule has 122 valence electrons. The molecule has 0 bridgehead atoms. The largest absolute Gasteiger partial charge is 0.482 e. The van der Waals surface area contributed by atoms with Gasteiger partial charge in [0.25, 0.3) is 5.91 Å². The SMILES string of the molecule is CC[C@H](C)c1ccc(NC(=O)COc2cc(Cl)ccc2Cl)cc1. The standard InChI is InChI=1S/C18H19Cl2NO2/c1-3-12(2)13-4-7-15(8-5-13)21-18(22)11-23-17-10-14(19)6-9-16(17)20/h4-10,12H,3,11H2,1-2H3,(H,21,22)/t12-/m0/s1. The lowest BCUT2D eigenvalue weighted by Gasteiger charge is -2.11. The molecule has 2 aromatic carbocycles. The Morgan fingerprint density at radius 1 is 1.17 bits per heavy atom. The average molecular weight is 352 g/mol. The molecule has 0 aromatic heterocycles. The van der Waals surface area contributed by atoms with E-state index in [0.717, 1.165) is 12.1 Å². The van der Waals surface area contributed by atoms with Gasteiger partial charge in [-0.05, 0) is 42.2 Å². The van der Waals surface area contributed by atoms with Crippen molar-refractivity contribution >= 4 is 34.8 Å². The van der Waals surface area contributed by atoms with Crippen molar-refractivity contribution in [2.45, 2.75) is 26.2 Å². The van der Waals surface area contributed by atoms with Crippen LogP contribution < -0.4 is 10.1 Å². The number of benzene rings is 2. The zero-order valence-corrected chi connectivity index (χ0v) is 14.6. The minimum absolute atomic E-state index is 0.132. The van der Waals surface area contributed by atoms with Crippen LogP contribution in [0.5, 0.6) is 5.75 Å². The van der Waals surface area contributed by atoms with Crippen LogP contribution in [0.4, 0.5) is 5.69 Å². The summed E-state index contributed by atoms with van der Waals surface area (Å²) in [6, 6.07) is 12.7. The molecule has 0 radical (unpaired) electrons. The van der Waals surface area contributed by atoms with Gasteiger partial charge in [0.15, 0.2) is 6.61 Å². The molecule has 1 N–H and O–H groups in total. The lowest BCUT2D eigenvalue weighted by atomic mass is 9.99. The van der Waals surface area contributed by atoms with Crippen LogP contribution >= 0.6 is 23.2 Å². The first-order chi connectivity index (χ1) is 11.0. The maximum absolute atomic E-state index is 11.9. The number of rotatable bonds is 6. The van der Waals surface area contributed by atoms with Gasteiger partial charge >= 0.3 is 0 Å². The third-order valence-corrected chi connectivity index (χ3v) is 4.18. The molecule has 0 aliphatic rings. The van der Waals surface area contributed by atoms with Gasteiger partial charge in [-0.3, -0.25) is 4.79 Å². The highest BCUT2D eigenvalue weighted by atomic mass is 35.5. The summed E-state index contributed by atoms with van der Waals surface area (Å²) >= 11 is 11.9. The van der Waals surface area contributed by atoms with Crippen LogP contribution in [0.25, 0.3) is 0 Å². The molecule has 0 aliphatic heterocycles. The molecule has 0 heterocycles. The maximum atomic E-state index is 11.9. The van der Waals surface area contributed by atoms with Crippen LogP contribution in [0.2, 0.25) is 10.0 Å². The molecule has 0 fully saturated rings. The second kappa shape index (κ2) is 8.23. The third-order valence-electron chi connectivity index (χ3n) is 3.63. The molecule has 3 nitrogen and oxygen atoms in total. The lowest BCUT2D eigenvalue weighted by molar-refractivity contribution is -0.118. The Morgan fingerprint density at radius 2 is 1.87 bits per heavy atom. The number of nitrogens with one attached hydrogen (secondary N) is 1. The van der Waals surface area contributed by atoms with Crippen molar-refractivity contribution in [3.8, 4) is 5.75 Å². The Bertz CT molecular complexity index is 671. The van der Waals surface area contributed by atoms with E-state index in [4.69, 9.17) is 27.9 Å². The monoisotopic (exact) mass is 351 g/mol. The van der Waals surface area contributed by atoms with Gasteiger partial charge in [0.1, 0.15) is 5.75 Å². The zero-order valence-electron chi connectivity index (χ0n) is 13.1. The van der Waals surface area contributed by atoms with E-state index in [1.807, 2.05) is 24.3 Å². The van der Waals surface area contributed by atoms with Gasteiger partial charge in [0.2, 0.25) is 0 Å². The van der Waals surface area contributed by atoms with Gasteiger partial charge in [-0.15, -0.1) is 0 Å². The summed E-state index contributed by atoms with van der Waals surface area (Å²) in [6.07, 6.45) is 1.08. The number of halogens is 2. The number of amides is 1. The van der Waals surface area contributed by atoms with Gasteiger partial charge < -0.3 is 10.1 Å². The zero-order chi connectivity index (χ0) is 16.8. The summed E-state index contributed by atoms with van der Waals surface area (Å²) in [5, 5.41) is 3.71. The average Bonchev–Trinajstić information content (AvgIpc) is 2.55. The second-order valence-corrected chi connectivity index (χ2v) is 6.19. The number of ether oxygens (including phenoxy) is 1. The highest BCUT2D eigenvalue weighted by molar-refractivity contribution is 6.34. The Balaban J connectivity index is 1.90. The molecule has 1 amide bonds. The molecule has 23 heavy (non-hydrogen) atoms. The van der Waals surface area contributed by atoms with Crippen molar-refractivity contribution in [2.24, 2.45) is 0 Å². The molecule has 5 heteroatoms. The summed E-state index contributed by atoms with van der Waals surface area (Å²) < 4.78 is 5.40. The van der Waals surface area contributed by atoms with Crippen molar-refractivity contribution < 1.29 is 9.53 Å². The third kappa shape index (κ3) is 5.15. The van der Waals surface area contributed by atoms with E-state index in [9.17, 15) is 4.79 Å². The molecule has 0 saturated heterocycles. The Kier molecular flexibility index (Phi) is 6.31. The van der Waals surface area contributed by atoms with Gasteiger partial charge in [0.05, 0.1) is 5.02 Å². The van der Waals surface area contributed by atoms with Crippen molar-refractivity contribution in [3.05, 3.63) is 58.1 Å². The van der Waals surface area contributed by atoms with Crippen LogP contribution in [0.3, 0.4) is 0 Å². The Morgan fingerprint density at radius 3 is 2.52 bits per heavy atom. The number of anilines is 1. The quantitative estimate of drug-likeness (QED) is 0.743. The van der Waals surface area contributed by atoms with Crippen LogP contribution in [-0.2, 0) is 4.79 Å². The molecular weight excluding hydrogens is 333 g/mol. The van der Waals surface area contributed by atoms with E-state index in [0.29, 0.717) is 21.7 Å². The first-order valence-electron chi connectivity index (χ1n) is 7.47. The minimum atomic E-state index is -0.252. The Labute approximate surface area is 146 Å². The smallest absolute Gasteiger partial charge is 0.262 e. The van der Waals surface area contributed by atoms with Crippen molar-refractivity contribution in [2.75, 3.05) is 11.9 Å². The molecule has 0 spiro atoms. The summed E-state index contributed by atoms with van der Waals surface area (Å²) in [7, 11) is 0. The van der Waals surface area contributed by atoms with Crippen LogP contribution in [-0.4, -0.2) is 12.5 Å². The van der Waals surface area contributed by atoms with E-state index in [-0.39, 0.29) is 12.5 Å². The van der Waals surface area contributed by atoms with E-state index in [2.05, 4.69) is 19.2 Å². The number of carbonyl (C=O) groups is 1. The van der Waals surface area contributed by atoms with E-state index < -0.39 is 0 Å². The van der Waals surface area contributed by atoms with Gasteiger partial charge in [0, 0.05) is 16.8 Å². The maximum Gasteiger partial charge on any atom is 0.262 e. The molecular formula is C18H19Cl2NO2. The van der Waals surface area contributed by atoms with E-state index in [1.165, 1.54) is 5.56 Å². The normalized spacial score (nSPS) is 11.8. The fourth-order valence-electron chi connectivity index (χ4n) is 2.06. The summed E-state index contributed by atoms with van der Waals surface area (Å²) in [6.45, 7) is 4.20. The molecule has 0 saturated carbocycles. The molecule has 0 unspecified atom stereocenters. The fraction of sp³-hybridized carbons (Fsp3) is 0.278. The number of hydrogen-bond acceptors (Lipinski definition) is 2. The highest BCUT2D eigenvalue weighted by Gasteiger charge is 2.08. The van der Waals surface area contributed by atoms with Crippen molar-refractivity contribution in [3.63, 3.8) is 0 Å². The second-order valence-electron chi connectivity index (χ2n) is 5.34. The van der Waals surface area contributed by atoms with Crippen molar-refractivity contribution in [1.82, 2.24) is 0 Å². The fourth-order valence-corrected chi connectivity index (χ4v) is 2.39. The van der Waals surface area contributed by atoms with Crippen LogP contribution in [0, 0.1) is 0 Å². The summed E-state index contributed by atoms with van der Waals surface area (Å²) in [5.41, 5.74) is 2.00. The summed E-state index contributed by atoms with van der Waals surface area (Å²) in [5.74, 6) is 0.645. The predicted molar refractivity (Wildman–Crippen MR) is 95.7 cm³/mol. The predicted octanol–water partition coefficient (Wildman–Crippen LogP) is 5.52. The van der Waals surface area contributed by atoms with Gasteiger partial charge in [-0.2, -0.15) is 0 Å². The summed E-state index contributed by atoms with van der Waals surface area (Å²) in [4.78, 5) is 11.9. The number of hydrogen-bond donors (Lipinski definition) is 1. The van der Waals surface area contributed by atoms with Crippen molar-refractivity contribution in [1.29, 1.82) is 0 Å². The molecule has 2 rings (SSSR count). The highest BCUT2D eigenvalue weighted by Crippen LogP contribution is 2.27.